The van der Waals surface area contributed by atoms with Crippen molar-refractivity contribution < 1.29 is 23.8 Å². The summed E-state index contributed by atoms with van der Waals surface area (Å²) in [6, 6.07) is 8.93. The number of methoxy groups -OCH3 is 1. The predicted octanol–water partition coefficient (Wildman–Crippen LogP) is 1.64. The first-order valence-corrected chi connectivity index (χ1v) is 8.93. The fraction of sp³-hybridized carbons (Fsp3) is 0.286. The van der Waals surface area contributed by atoms with E-state index in [1.54, 1.807) is 30.3 Å². The lowest BCUT2D eigenvalue weighted by Crippen LogP contribution is -2.48. The van der Waals surface area contributed by atoms with Gasteiger partial charge in [0.25, 0.3) is 0 Å². The Hall–Kier alpha value is -3.57. The van der Waals surface area contributed by atoms with Crippen LogP contribution in [0.15, 0.2) is 59.7 Å². The Labute approximate surface area is 168 Å². The van der Waals surface area contributed by atoms with Gasteiger partial charge >= 0.3 is 5.97 Å². The molecule has 1 atom stereocenters. The maximum atomic E-state index is 13.7. The summed E-state index contributed by atoms with van der Waals surface area (Å²) in [6.07, 6.45) is 1.57. The molecule has 0 bridgehead atoms. The van der Waals surface area contributed by atoms with Crippen LogP contribution in [0.5, 0.6) is 0 Å². The van der Waals surface area contributed by atoms with Crippen LogP contribution in [0.2, 0.25) is 0 Å². The minimum atomic E-state index is -1.75. The van der Waals surface area contributed by atoms with E-state index in [0.29, 0.717) is 11.3 Å². The molecule has 8 heteroatoms. The topological polar surface area (TPSA) is 115 Å². The Balaban J connectivity index is 2.29. The molecule has 8 nitrogen and oxygen atoms in total. The van der Waals surface area contributed by atoms with E-state index in [9.17, 15) is 14.9 Å². The van der Waals surface area contributed by atoms with Crippen LogP contribution in [0.4, 0.5) is 5.69 Å². The van der Waals surface area contributed by atoms with E-state index >= 15 is 0 Å². The second kappa shape index (κ2) is 7.81. The molecule has 2 aliphatic rings. The summed E-state index contributed by atoms with van der Waals surface area (Å²) in [4.78, 5) is 28.3. The van der Waals surface area contributed by atoms with Crippen molar-refractivity contribution in [3.63, 3.8) is 0 Å². The van der Waals surface area contributed by atoms with E-state index in [-0.39, 0.29) is 42.5 Å². The number of allylic oxidation sites excluding steroid dienone is 1. The maximum Gasteiger partial charge on any atom is 0.339 e. The summed E-state index contributed by atoms with van der Waals surface area (Å²) in [5, 5.41) is 9.89. The van der Waals surface area contributed by atoms with Gasteiger partial charge in [-0.2, -0.15) is 5.26 Å². The summed E-state index contributed by atoms with van der Waals surface area (Å²) >= 11 is 0. The Kier molecular flexibility index (Phi) is 5.43. The van der Waals surface area contributed by atoms with Crippen LogP contribution < -0.4 is 10.6 Å². The summed E-state index contributed by atoms with van der Waals surface area (Å²) < 4.78 is 15.7. The Morgan fingerprint density at radius 3 is 2.79 bits per heavy atom. The van der Waals surface area contributed by atoms with Gasteiger partial charge in [-0.15, -0.1) is 6.58 Å². The monoisotopic (exact) mass is 395 g/mol. The zero-order chi connectivity index (χ0) is 21.2. The number of nitrogens with two attached hydrogens (primary N) is 1. The van der Waals surface area contributed by atoms with Gasteiger partial charge in [-0.1, -0.05) is 24.3 Å². The molecule has 2 aliphatic heterocycles. The van der Waals surface area contributed by atoms with Gasteiger partial charge in [0, 0.05) is 24.9 Å². The predicted molar refractivity (Wildman–Crippen MR) is 104 cm³/mol. The van der Waals surface area contributed by atoms with Crippen molar-refractivity contribution in [2.24, 2.45) is 5.73 Å². The molecule has 0 aromatic heterocycles. The summed E-state index contributed by atoms with van der Waals surface area (Å²) in [5.41, 5.74) is 5.07. The van der Waals surface area contributed by atoms with Crippen LogP contribution >= 0.6 is 0 Å². The number of hydrogen-bond acceptors (Lipinski definition) is 7. The van der Waals surface area contributed by atoms with Crippen molar-refractivity contribution in [1.82, 2.24) is 0 Å². The van der Waals surface area contributed by atoms with Crippen molar-refractivity contribution in [2.45, 2.75) is 12.3 Å². The lowest BCUT2D eigenvalue weighted by atomic mass is 9.68. The van der Waals surface area contributed by atoms with Crippen molar-refractivity contribution in [1.29, 1.82) is 5.26 Å². The van der Waals surface area contributed by atoms with Gasteiger partial charge in [0.05, 0.1) is 6.61 Å². The highest BCUT2D eigenvalue weighted by molar-refractivity contribution is 6.18. The Morgan fingerprint density at radius 1 is 1.41 bits per heavy atom. The minimum Gasteiger partial charge on any atom is -0.460 e. The smallest absolute Gasteiger partial charge is 0.339 e. The van der Waals surface area contributed by atoms with Crippen LogP contribution in [-0.2, 0) is 29.2 Å². The fourth-order valence-electron chi connectivity index (χ4n) is 3.81. The molecule has 2 heterocycles. The number of fused-ring (bicyclic) bond motifs is 2. The number of esters is 1. The fourth-order valence-corrected chi connectivity index (χ4v) is 3.81. The van der Waals surface area contributed by atoms with E-state index in [4.69, 9.17) is 19.9 Å². The average molecular weight is 395 g/mol. The van der Waals surface area contributed by atoms with Crippen LogP contribution in [0.3, 0.4) is 0 Å². The highest BCUT2D eigenvalue weighted by Crippen LogP contribution is 2.53. The third kappa shape index (κ3) is 2.87. The number of anilines is 1. The Bertz CT molecular complexity index is 988. The van der Waals surface area contributed by atoms with E-state index in [2.05, 4.69) is 6.58 Å². The number of ether oxygens (including phenoxy) is 3. The summed E-state index contributed by atoms with van der Waals surface area (Å²) in [5.74, 6) is -1.38. The maximum absolute atomic E-state index is 13.7. The van der Waals surface area contributed by atoms with Gasteiger partial charge in [-0.3, -0.25) is 4.79 Å². The van der Waals surface area contributed by atoms with Gasteiger partial charge < -0.3 is 24.8 Å². The molecule has 0 saturated heterocycles. The third-order valence-corrected chi connectivity index (χ3v) is 4.92. The quantitative estimate of drug-likeness (QED) is 0.442. The minimum absolute atomic E-state index is 0.0184. The standard InChI is InChI=1S/C21H21N3O5/c1-4-9-24-16-8-6-5-7-14(16)21(20(24)26)15(12-22)18(23)29-13(2)17(21)19(25)28-11-10-27-3/h4-8H,1,9-11,23H2,2-3H3. The van der Waals surface area contributed by atoms with E-state index in [1.807, 2.05) is 6.07 Å². The van der Waals surface area contributed by atoms with Crippen LogP contribution in [0, 0.1) is 11.3 Å². The molecule has 0 saturated carbocycles. The van der Waals surface area contributed by atoms with Crippen LogP contribution in [0.25, 0.3) is 0 Å². The van der Waals surface area contributed by atoms with E-state index in [1.165, 1.54) is 18.9 Å². The second-order valence-electron chi connectivity index (χ2n) is 6.48. The molecule has 1 amide bonds. The molecule has 1 aromatic carbocycles. The largest absolute Gasteiger partial charge is 0.460 e. The first-order chi connectivity index (χ1) is 13.9. The first-order valence-electron chi connectivity index (χ1n) is 8.93. The van der Waals surface area contributed by atoms with Gasteiger partial charge in [-0.25, -0.2) is 4.79 Å². The molecule has 150 valence electrons. The van der Waals surface area contributed by atoms with Crippen LogP contribution in [0.1, 0.15) is 12.5 Å². The summed E-state index contributed by atoms with van der Waals surface area (Å²) in [6.45, 7) is 5.58. The number of benzene rings is 1. The molecule has 0 aliphatic carbocycles. The second-order valence-corrected chi connectivity index (χ2v) is 6.48. The zero-order valence-corrected chi connectivity index (χ0v) is 16.2. The lowest BCUT2D eigenvalue weighted by molar-refractivity contribution is -0.142. The molecule has 0 fully saturated rings. The number of nitriles is 1. The first kappa shape index (κ1) is 20.2. The van der Waals surface area contributed by atoms with Crippen molar-refractivity contribution in [3.05, 3.63) is 65.3 Å². The van der Waals surface area contributed by atoms with Gasteiger partial charge in [-0.05, 0) is 13.0 Å². The molecule has 1 spiro atoms. The highest BCUT2D eigenvalue weighted by Gasteiger charge is 2.61. The molecular formula is C21H21N3O5. The summed E-state index contributed by atoms with van der Waals surface area (Å²) in [7, 11) is 1.48. The molecule has 1 unspecified atom stereocenters. The zero-order valence-electron chi connectivity index (χ0n) is 16.2. The van der Waals surface area contributed by atoms with Gasteiger partial charge in [0.1, 0.15) is 29.6 Å². The SMILES string of the molecule is C=CCN1C(=O)C2(C(C#N)=C(N)OC(C)=C2C(=O)OCCOC)c2ccccc21. The van der Waals surface area contributed by atoms with Gasteiger partial charge in [0.2, 0.25) is 11.8 Å². The molecule has 1 aromatic rings. The molecule has 2 N–H and O–H groups in total. The number of carbonyl (C=O) groups excluding carboxylic acids is 2. The van der Waals surface area contributed by atoms with Gasteiger partial charge in [0.15, 0.2) is 5.41 Å². The van der Waals surface area contributed by atoms with Crippen LogP contribution in [-0.4, -0.2) is 38.7 Å². The number of rotatable bonds is 6. The molecule has 29 heavy (non-hydrogen) atoms. The number of carbonyl (C=O) groups is 2. The highest BCUT2D eigenvalue weighted by atomic mass is 16.6. The molecule has 0 radical (unpaired) electrons. The normalized spacial score (nSPS) is 20.4. The third-order valence-electron chi connectivity index (χ3n) is 4.92. The number of hydrogen-bond donors (Lipinski definition) is 1. The average Bonchev–Trinajstić information content (AvgIpc) is 2.92. The Morgan fingerprint density at radius 2 is 2.14 bits per heavy atom. The molecule has 3 rings (SSSR count). The number of para-hydroxylation sites is 1. The number of nitrogens with zero attached hydrogens (tertiary/aromatic N) is 2. The van der Waals surface area contributed by atoms with E-state index < -0.39 is 17.3 Å². The van der Waals surface area contributed by atoms with E-state index in [0.717, 1.165) is 0 Å². The molecular weight excluding hydrogens is 374 g/mol. The number of amides is 1. The van der Waals surface area contributed by atoms with Crippen molar-refractivity contribution in [3.8, 4) is 6.07 Å². The van der Waals surface area contributed by atoms with Crippen molar-refractivity contribution >= 4 is 17.6 Å². The lowest BCUT2D eigenvalue weighted by Gasteiger charge is -2.34. The van der Waals surface area contributed by atoms with Crippen molar-refractivity contribution in [2.75, 3.05) is 31.8 Å².